The number of aromatic nitrogens is 4. The number of ether oxygens (including phenoxy) is 1. The average molecular weight is 351 g/mol. The Hall–Kier alpha value is -3.55. The van der Waals surface area contributed by atoms with Gasteiger partial charge in [0, 0.05) is 11.3 Å². The lowest BCUT2D eigenvalue weighted by Gasteiger charge is -2.08. The summed E-state index contributed by atoms with van der Waals surface area (Å²) in [7, 11) is 0. The first-order valence-electron chi connectivity index (χ1n) is 8.09. The van der Waals surface area contributed by atoms with Crippen LogP contribution in [0.25, 0.3) is 5.69 Å². The molecule has 0 bridgehead atoms. The highest BCUT2D eigenvalue weighted by Gasteiger charge is 2.10. The van der Waals surface area contributed by atoms with Crippen molar-refractivity contribution in [1.82, 2.24) is 20.2 Å². The molecule has 0 aliphatic carbocycles. The number of nitrogens with one attached hydrogen (secondary N) is 1. The Morgan fingerprint density at radius 3 is 2.62 bits per heavy atom. The summed E-state index contributed by atoms with van der Waals surface area (Å²) in [6, 6.07) is 13.5. The van der Waals surface area contributed by atoms with Crippen LogP contribution in [0.3, 0.4) is 0 Å². The molecule has 8 heteroatoms. The molecule has 3 rings (SSSR count). The quantitative estimate of drug-likeness (QED) is 0.685. The molecule has 26 heavy (non-hydrogen) atoms. The number of tetrazole rings is 1. The zero-order valence-electron chi connectivity index (χ0n) is 14.1. The fourth-order valence-corrected chi connectivity index (χ4v) is 2.24. The van der Waals surface area contributed by atoms with E-state index in [0.717, 1.165) is 6.42 Å². The number of rotatable bonds is 6. The van der Waals surface area contributed by atoms with E-state index in [1.54, 1.807) is 48.5 Å². The SMILES string of the molecule is CCCOC(=O)c1ccc(NC(=O)c2cccc(-n3cnnn3)c2)cc1. The lowest BCUT2D eigenvalue weighted by Crippen LogP contribution is -2.13. The number of hydrogen-bond acceptors (Lipinski definition) is 6. The standard InChI is InChI=1S/C18H17N5O3/c1-2-10-26-18(25)13-6-8-15(9-7-13)20-17(24)14-4-3-5-16(11-14)23-12-19-21-22-23/h3-9,11-12H,2,10H2,1H3,(H,20,24). The normalized spacial score (nSPS) is 10.3. The minimum absolute atomic E-state index is 0.277. The Morgan fingerprint density at radius 2 is 1.92 bits per heavy atom. The van der Waals surface area contributed by atoms with E-state index in [9.17, 15) is 9.59 Å². The van der Waals surface area contributed by atoms with Crippen LogP contribution in [0.1, 0.15) is 34.1 Å². The molecule has 1 N–H and O–H groups in total. The largest absolute Gasteiger partial charge is 0.462 e. The highest BCUT2D eigenvalue weighted by atomic mass is 16.5. The van der Waals surface area contributed by atoms with Gasteiger partial charge in [-0.3, -0.25) is 4.79 Å². The van der Waals surface area contributed by atoms with E-state index in [0.29, 0.717) is 29.1 Å². The third kappa shape index (κ3) is 4.10. The maximum absolute atomic E-state index is 12.4. The van der Waals surface area contributed by atoms with Gasteiger partial charge in [0.2, 0.25) is 0 Å². The third-order valence-corrected chi connectivity index (χ3v) is 3.54. The predicted octanol–water partition coefficient (Wildman–Crippen LogP) is 2.48. The van der Waals surface area contributed by atoms with Gasteiger partial charge in [-0.15, -0.1) is 5.10 Å². The van der Waals surface area contributed by atoms with Gasteiger partial charge >= 0.3 is 5.97 Å². The first kappa shape index (κ1) is 17.3. The Bertz CT molecular complexity index is 891. The maximum Gasteiger partial charge on any atom is 0.338 e. The Morgan fingerprint density at radius 1 is 1.12 bits per heavy atom. The minimum Gasteiger partial charge on any atom is -0.462 e. The monoisotopic (exact) mass is 351 g/mol. The minimum atomic E-state index is -0.376. The maximum atomic E-state index is 12.4. The van der Waals surface area contributed by atoms with Crippen molar-refractivity contribution in [3.8, 4) is 5.69 Å². The summed E-state index contributed by atoms with van der Waals surface area (Å²) >= 11 is 0. The van der Waals surface area contributed by atoms with Crippen LogP contribution < -0.4 is 5.32 Å². The van der Waals surface area contributed by atoms with Gasteiger partial charge in [-0.1, -0.05) is 13.0 Å². The lowest BCUT2D eigenvalue weighted by molar-refractivity contribution is 0.0505. The molecule has 0 spiro atoms. The molecule has 0 fully saturated rings. The van der Waals surface area contributed by atoms with Crippen molar-refractivity contribution in [2.24, 2.45) is 0 Å². The zero-order chi connectivity index (χ0) is 18.4. The van der Waals surface area contributed by atoms with Crippen LogP contribution in [-0.4, -0.2) is 38.7 Å². The molecule has 2 aromatic carbocycles. The average Bonchev–Trinajstić information content (AvgIpc) is 3.21. The first-order valence-corrected chi connectivity index (χ1v) is 8.09. The van der Waals surface area contributed by atoms with Crippen LogP contribution in [0.2, 0.25) is 0 Å². The molecular weight excluding hydrogens is 334 g/mol. The summed E-state index contributed by atoms with van der Waals surface area (Å²) < 4.78 is 6.54. The summed E-state index contributed by atoms with van der Waals surface area (Å²) in [4.78, 5) is 24.2. The molecule has 132 valence electrons. The third-order valence-electron chi connectivity index (χ3n) is 3.54. The van der Waals surface area contributed by atoms with Gasteiger partial charge in [-0.05, 0) is 59.3 Å². The number of carbonyl (C=O) groups is 2. The Labute approximate surface area is 149 Å². The van der Waals surface area contributed by atoms with Crippen LogP contribution in [-0.2, 0) is 4.74 Å². The summed E-state index contributed by atoms with van der Waals surface area (Å²) in [6.07, 6.45) is 2.22. The van der Waals surface area contributed by atoms with Gasteiger partial charge in [0.05, 0.1) is 17.9 Å². The fraction of sp³-hybridized carbons (Fsp3) is 0.167. The number of amides is 1. The van der Waals surface area contributed by atoms with Crippen LogP contribution in [0.15, 0.2) is 54.9 Å². The van der Waals surface area contributed by atoms with Gasteiger partial charge in [-0.2, -0.15) is 0 Å². The van der Waals surface area contributed by atoms with Crippen molar-refractivity contribution in [2.75, 3.05) is 11.9 Å². The molecule has 0 atom stereocenters. The molecule has 1 aromatic heterocycles. The number of nitrogens with zero attached hydrogens (tertiary/aromatic N) is 4. The lowest BCUT2D eigenvalue weighted by atomic mass is 10.1. The van der Waals surface area contributed by atoms with E-state index in [-0.39, 0.29) is 11.9 Å². The van der Waals surface area contributed by atoms with Gasteiger partial charge in [-0.25, -0.2) is 9.48 Å². The number of hydrogen-bond donors (Lipinski definition) is 1. The van der Waals surface area contributed by atoms with Gasteiger partial charge in [0.25, 0.3) is 5.91 Å². The second-order valence-corrected chi connectivity index (χ2v) is 5.47. The predicted molar refractivity (Wildman–Crippen MR) is 94.1 cm³/mol. The van der Waals surface area contributed by atoms with Gasteiger partial charge < -0.3 is 10.1 Å². The topological polar surface area (TPSA) is 99.0 Å². The number of benzene rings is 2. The van der Waals surface area contributed by atoms with Crippen LogP contribution in [0.5, 0.6) is 0 Å². The molecule has 1 amide bonds. The van der Waals surface area contributed by atoms with E-state index in [4.69, 9.17) is 4.74 Å². The summed E-state index contributed by atoms with van der Waals surface area (Å²) in [6.45, 7) is 2.31. The molecule has 1 heterocycles. The Kier molecular flexibility index (Phi) is 5.33. The highest BCUT2D eigenvalue weighted by Crippen LogP contribution is 2.14. The molecule has 3 aromatic rings. The van der Waals surface area contributed by atoms with Crippen molar-refractivity contribution >= 4 is 17.6 Å². The number of carbonyl (C=O) groups excluding carboxylic acids is 2. The van der Waals surface area contributed by atoms with Crippen molar-refractivity contribution < 1.29 is 14.3 Å². The van der Waals surface area contributed by atoms with E-state index >= 15 is 0 Å². The van der Waals surface area contributed by atoms with E-state index in [1.807, 2.05) is 6.92 Å². The number of esters is 1. The highest BCUT2D eigenvalue weighted by molar-refractivity contribution is 6.04. The second kappa shape index (κ2) is 8.02. The van der Waals surface area contributed by atoms with Crippen molar-refractivity contribution in [3.63, 3.8) is 0 Å². The van der Waals surface area contributed by atoms with E-state index < -0.39 is 0 Å². The fourth-order valence-electron chi connectivity index (χ4n) is 2.24. The summed E-state index contributed by atoms with van der Waals surface area (Å²) in [5.74, 6) is -0.653. The van der Waals surface area contributed by atoms with Crippen LogP contribution >= 0.6 is 0 Å². The van der Waals surface area contributed by atoms with Crippen molar-refractivity contribution in [3.05, 3.63) is 66.0 Å². The van der Waals surface area contributed by atoms with E-state index in [1.165, 1.54) is 11.0 Å². The molecule has 0 saturated carbocycles. The van der Waals surface area contributed by atoms with Crippen molar-refractivity contribution in [1.29, 1.82) is 0 Å². The second-order valence-electron chi connectivity index (χ2n) is 5.47. The summed E-state index contributed by atoms with van der Waals surface area (Å²) in [5, 5.41) is 13.7. The molecule has 0 aliphatic heterocycles. The zero-order valence-corrected chi connectivity index (χ0v) is 14.1. The summed E-state index contributed by atoms with van der Waals surface area (Å²) in [5.41, 5.74) is 2.16. The van der Waals surface area contributed by atoms with Gasteiger partial charge in [0.15, 0.2) is 0 Å². The molecular formula is C18H17N5O3. The van der Waals surface area contributed by atoms with Gasteiger partial charge in [0.1, 0.15) is 6.33 Å². The number of anilines is 1. The van der Waals surface area contributed by atoms with Crippen LogP contribution in [0.4, 0.5) is 5.69 Å². The molecule has 0 radical (unpaired) electrons. The first-order chi connectivity index (χ1) is 12.7. The molecule has 0 aliphatic rings. The smallest absolute Gasteiger partial charge is 0.338 e. The molecule has 8 nitrogen and oxygen atoms in total. The Balaban J connectivity index is 1.68. The molecule has 0 unspecified atom stereocenters. The van der Waals surface area contributed by atoms with Crippen molar-refractivity contribution in [2.45, 2.75) is 13.3 Å². The van der Waals surface area contributed by atoms with E-state index in [2.05, 4.69) is 20.8 Å². The van der Waals surface area contributed by atoms with Crippen LogP contribution in [0, 0.1) is 0 Å². The molecule has 0 saturated heterocycles.